The smallest absolute Gasteiger partial charge is 0.268 e. The van der Waals surface area contributed by atoms with Crippen LogP contribution in [-0.2, 0) is 16.2 Å². The minimum atomic E-state index is -0.0455. The summed E-state index contributed by atoms with van der Waals surface area (Å²) < 4.78 is 0.373. The maximum absolute atomic E-state index is 12.1. The van der Waals surface area contributed by atoms with E-state index >= 15 is 0 Å². The lowest BCUT2D eigenvalue weighted by molar-refractivity contribution is -0.124. The predicted octanol–water partition coefficient (Wildman–Crippen LogP) is 2.99. The van der Waals surface area contributed by atoms with E-state index in [-0.39, 0.29) is 5.91 Å². The van der Waals surface area contributed by atoms with Crippen molar-refractivity contribution < 1.29 is 9.63 Å². The van der Waals surface area contributed by atoms with Crippen molar-refractivity contribution >= 4 is 35.6 Å². The van der Waals surface area contributed by atoms with Crippen LogP contribution in [0.5, 0.6) is 0 Å². The second-order valence-electron chi connectivity index (χ2n) is 5.43. The largest absolute Gasteiger partial charge is 0.391 e. The van der Waals surface area contributed by atoms with Crippen molar-refractivity contribution in [2.24, 2.45) is 5.16 Å². The highest BCUT2D eigenvalue weighted by atomic mass is 32.2. The number of rotatable bonds is 4. The van der Waals surface area contributed by atoms with E-state index in [1.807, 2.05) is 35.2 Å². The molecule has 0 atom stereocenters. The van der Waals surface area contributed by atoms with Gasteiger partial charge in [0.1, 0.15) is 12.8 Å². The van der Waals surface area contributed by atoms with Crippen molar-refractivity contribution in [1.82, 2.24) is 4.90 Å². The highest BCUT2D eigenvalue weighted by molar-refractivity contribution is 8.21. The Hall–Kier alpha value is -1.14. The Balaban J connectivity index is 1.41. The van der Waals surface area contributed by atoms with Gasteiger partial charge in [-0.1, -0.05) is 35.5 Å². The van der Waals surface area contributed by atoms with E-state index in [9.17, 15) is 4.79 Å². The van der Waals surface area contributed by atoms with E-state index in [4.69, 9.17) is 4.84 Å². The first-order chi connectivity index (χ1) is 10.8. The Kier molecular flexibility index (Phi) is 5.31. The number of oxime groups is 1. The van der Waals surface area contributed by atoms with Crippen LogP contribution in [0.1, 0.15) is 18.4 Å². The topological polar surface area (TPSA) is 41.9 Å². The molecule has 1 spiro atoms. The molecule has 2 aliphatic rings. The van der Waals surface area contributed by atoms with Crippen molar-refractivity contribution in [3.63, 3.8) is 0 Å². The van der Waals surface area contributed by atoms with Crippen LogP contribution in [-0.4, -0.2) is 45.7 Å². The fourth-order valence-electron chi connectivity index (χ4n) is 2.70. The predicted molar refractivity (Wildman–Crippen MR) is 93.2 cm³/mol. The highest BCUT2D eigenvalue weighted by Gasteiger charge is 2.39. The van der Waals surface area contributed by atoms with Crippen molar-refractivity contribution in [3.8, 4) is 0 Å². The molecular weight excluding hydrogens is 316 g/mol. The summed E-state index contributed by atoms with van der Waals surface area (Å²) in [5, 5.41) is 3.80. The molecule has 0 unspecified atom stereocenters. The van der Waals surface area contributed by atoms with Crippen molar-refractivity contribution in [2.75, 3.05) is 24.6 Å². The second-order valence-corrected chi connectivity index (χ2v) is 8.64. The van der Waals surface area contributed by atoms with Gasteiger partial charge in [0, 0.05) is 24.6 Å². The van der Waals surface area contributed by atoms with Gasteiger partial charge in [-0.3, -0.25) is 4.79 Å². The standard InChI is InChI=1S/C16H20N2O2S2/c19-15(12-17-20-13-14-4-2-1-3-5-14)18-8-6-16(7-9-18)21-10-11-22-16/h1-5,12H,6-11,13H2. The van der Waals surface area contributed by atoms with Gasteiger partial charge in [-0.05, 0) is 18.4 Å². The molecule has 3 rings (SSSR count). The molecular formula is C16H20N2O2S2. The molecule has 2 saturated heterocycles. The molecule has 0 aliphatic carbocycles. The minimum Gasteiger partial charge on any atom is -0.391 e. The Morgan fingerprint density at radius 1 is 1.23 bits per heavy atom. The van der Waals surface area contributed by atoms with E-state index in [0.29, 0.717) is 10.7 Å². The zero-order valence-corrected chi connectivity index (χ0v) is 14.1. The fourth-order valence-corrected chi connectivity index (χ4v) is 5.89. The number of benzene rings is 1. The van der Waals surface area contributed by atoms with Gasteiger partial charge in [0.2, 0.25) is 0 Å². The van der Waals surface area contributed by atoms with Gasteiger partial charge in [0.15, 0.2) is 0 Å². The molecule has 118 valence electrons. The van der Waals surface area contributed by atoms with E-state index in [1.165, 1.54) is 17.7 Å². The number of hydrogen-bond donors (Lipinski definition) is 0. The van der Waals surface area contributed by atoms with Crippen molar-refractivity contribution in [1.29, 1.82) is 0 Å². The summed E-state index contributed by atoms with van der Waals surface area (Å²) in [6, 6.07) is 9.81. The molecule has 4 nitrogen and oxygen atoms in total. The quantitative estimate of drug-likeness (QED) is 0.626. The monoisotopic (exact) mass is 336 g/mol. The molecule has 1 amide bonds. The van der Waals surface area contributed by atoms with E-state index in [0.717, 1.165) is 31.5 Å². The van der Waals surface area contributed by atoms with Gasteiger partial charge in [0.05, 0.1) is 4.08 Å². The number of carbonyl (C=O) groups excluding carboxylic acids is 1. The van der Waals surface area contributed by atoms with Crippen LogP contribution in [0.4, 0.5) is 0 Å². The lowest BCUT2D eigenvalue weighted by Gasteiger charge is -2.37. The summed E-state index contributed by atoms with van der Waals surface area (Å²) in [6.45, 7) is 2.04. The molecule has 2 fully saturated rings. The summed E-state index contributed by atoms with van der Waals surface area (Å²) in [4.78, 5) is 19.2. The molecule has 22 heavy (non-hydrogen) atoms. The molecule has 0 saturated carbocycles. The van der Waals surface area contributed by atoms with Gasteiger partial charge >= 0.3 is 0 Å². The zero-order chi connectivity index (χ0) is 15.3. The van der Waals surface area contributed by atoms with Crippen molar-refractivity contribution in [3.05, 3.63) is 35.9 Å². The van der Waals surface area contributed by atoms with Crippen LogP contribution in [0.15, 0.2) is 35.5 Å². The summed E-state index contributed by atoms with van der Waals surface area (Å²) in [6.07, 6.45) is 3.45. The number of carbonyl (C=O) groups is 1. The second kappa shape index (κ2) is 7.42. The van der Waals surface area contributed by atoms with Gasteiger partial charge < -0.3 is 9.74 Å². The third-order valence-corrected chi connectivity index (χ3v) is 7.61. The maximum Gasteiger partial charge on any atom is 0.268 e. The van der Waals surface area contributed by atoms with Gasteiger partial charge in [-0.25, -0.2) is 0 Å². The number of thioether (sulfide) groups is 2. The normalized spacial score (nSPS) is 20.6. The average molecular weight is 336 g/mol. The third-order valence-electron chi connectivity index (χ3n) is 3.96. The summed E-state index contributed by atoms with van der Waals surface area (Å²) in [7, 11) is 0. The first-order valence-electron chi connectivity index (χ1n) is 7.54. The Labute approximate surface area is 139 Å². The molecule has 0 N–H and O–H groups in total. The van der Waals surface area contributed by atoms with Crippen LogP contribution < -0.4 is 0 Å². The van der Waals surface area contributed by atoms with Crippen molar-refractivity contribution in [2.45, 2.75) is 23.5 Å². The van der Waals surface area contributed by atoms with E-state index < -0.39 is 0 Å². The first-order valence-corrected chi connectivity index (χ1v) is 9.51. The molecule has 0 radical (unpaired) electrons. The van der Waals surface area contributed by atoms with Gasteiger partial charge in [-0.2, -0.15) is 0 Å². The number of likely N-dealkylation sites (tertiary alicyclic amines) is 1. The lowest BCUT2D eigenvalue weighted by atomic mass is 10.1. The van der Waals surface area contributed by atoms with Crippen LogP contribution in [0.2, 0.25) is 0 Å². The van der Waals surface area contributed by atoms with Gasteiger partial charge in [0.25, 0.3) is 5.91 Å². The molecule has 0 bridgehead atoms. The van der Waals surface area contributed by atoms with Crippen LogP contribution in [0.25, 0.3) is 0 Å². The molecule has 2 aliphatic heterocycles. The number of piperidine rings is 1. The third kappa shape index (κ3) is 3.98. The SMILES string of the molecule is O=C(C=NOCc1ccccc1)N1CCC2(CC1)SCCS2. The summed E-state index contributed by atoms with van der Waals surface area (Å²) >= 11 is 4.13. The van der Waals surface area contributed by atoms with E-state index in [2.05, 4.69) is 28.7 Å². The van der Waals surface area contributed by atoms with Gasteiger partial charge in [-0.15, -0.1) is 23.5 Å². The van der Waals surface area contributed by atoms with E-state index in [1.54, 1.807) is 0 Å². The Morgan fingerprint density at radius 3 is 2.59 bits per heavy atom. The average Bonchev–Trinajstić information content (AvgIpc) is 3.01. The zero-order valence-electron chi connectivity index (χ0n) is 12.4. The maximum atomic E-state index is 12.1. The van der Waals surface area contributed by atoms with Crippen LogP contribution >= 0.6 is 23.5 Å². The van der Waals surface area contributed by atoms with Crippen LogP contribution in [0.3, 0.4) is 0 Å². The molecule has 1 aromatic rings. The molecule has 6 heteroatoms. The highest BCUT2D eigenvalue weighted by Crippen LogP contribution is 2.50. The fraction of sp³-hybridized carbons (Fsp3) is 0.500. The van der Waals surface area contributed by atoms with Crippen LogP contribution in [0, 0.1) is 0 Å². The minimum absolute atomic E-state index is 0.0455. The molecule has 0 aromatic heterocycles. The molecule has 1 aromatic carbocycles. The lowest BCUT2D eigenvalue weighted by Crippen LogP contribution is -2.43. The Morgan fingerprint density at radius 2 is 1.91 bits per heavy atom. The summed E-state index contributed by atoms with van der Waals surface area (Å²) in [5.41, 5.74) is 1.04. The number of hydrogen-bond acceptors (Lipinski definition) is 5. The summed E-state index contributed by atoms with van der Waals surface area (Å²) in [5.74, 6) is 2.44. The number of amides is 1. The first kappa shape index (κ1) is 15.7. The Bertz CT molecular complexity index is 520. The number of nitrogens with zero attached hydrogens (tertiary/aromatic N) is 2. The molecule has 2 heterocycles.